The van der Waals surface area contributed by atoms with E-state index in [1.165, 1.54) is 11.3 Å². The molecule has 1 atom stereocenters. The lowest BCUT2D eigenvalue weighted by molar-refractivity contribution is 0.0935. The molecule has 0 bridgehead atoms. The van der Waals surface area contributed by atoms with Crippen LogP contribution >= 0.6 is 11.3 Å². The first kappa shape index (κ1) is 15.2. The molecule has 8 heteroatoms. The van der Waals surface area contributed by atoms with E-state index >= 15 is 0 Å². The van der Waals surface area contributed by atoms with Crippen LogP contribution in [0.4, 0.5) is 0 Å². The number of fused-ring (bicyclic) bond motifs is 1. The molecule has 1 N–H and O–H groups in total. The third kappa shape index (κ3) is 3.02. The van der Waals surface area contributed by atoms with Gasteiger partial charge in [0.15, 0.2) is 0 Å². The first-order valence-corrected chi connectivity index (χ1v) is 8.75. The van der Waals surface area contributed by atoms with Crippen molar-refractivity contribution in [2.24, 2.45) is 0 Å². The molecular weight excluding hydrogens is 326 g/mol. The van der Waals surface area contributed by atoms with Gasteiger partial charge in [0, 0.05) is 6.61 Å². The van der Waals surface area contributed by atoms with Crippen molar-refractivity contribution in [2.45, 2.75) is 32.4 Å². The molecule has 0 spiro atoms. The van der Waals surface area contributed by atoms with Crippen LogP contribution in [0.25, 0.3) is 22.4 Å². The van der Waals surface area contributed by atoms with E-state index in [-0.39, 0.29) is 11.7 Å². The van der Waals surface area contributed by atoms with Crippen molar-refractivity contribution in [3.05, 3.63) is 39.0 Å². The Hall–Kier alpha value is -2.32. The molecule has 3 aromatic rings. The van der Waals surface area contributed by atoms with Crippen LogP contribution in [0.2, 0.25) is 0 Å². The highest BCUT2D eigenvalue weighted by Gasteiger charge is 2.16. The van der Waals surface area contributed by atoms with Gasteiger partial charge in [-0.2, -0.15) is 0 Å². The van der Waals surface area contributed by atoms with Crippen LogP contribution in [0, 0.1) is 6.92 Å². The molecule has 1 aliphatic heterocycles. The summed E-state index contributed by atoms with van der Waals surface area (Å²) in [7, 11) is 0. The van der Waals surface area contributed by atoms with Crippen LogP contribution in [-0.4, -0.2) is 37.7 Å². The molecule has 4 rings (SSSR count). The monoisotopic (exact) mass is 343 g/mol. The van der Waals surface area contributed by atoms with Gasteiger partial charge in [-0.15, -0.1) is 16.4 Å². The average Bonchev–Trinajstić information content (AvgIpc) is 3.28. The van der Waals surface area contributed by atoms with Gasteiger partial charge in [-0.25, -0.2) is 9.67 Å². The molecule has 0 saturated carbocycles. The number of nitrogens with one attached hydrogen (secondary N) is 1. The Labute approximate surface area is 142 Å². The number of nitrogens with zero attached hydrogens (tertiary/aromatic N) is 4. The normalized spacial score (nSPS) is 18.1. The number of hydrogen-bond acceptors (Lipinski definition) is 6. The molecule has 1 aliphatic rings. The van der Waals surface area contributed by atoms with Gasteiger partial charge in [-0.1, -0.05) is 5.21 Å². The van der Waals surface area contributed by atoms with E-state index in [1.54, 1.807) is 16.8 Å². The van der Waals surface area contributed by atoms with E-state index in [0.717, 1.165) is 42.1 Å². The van der Waals surface area contributed by atoms with Crippen molar-refractivity contribution in [1.29, 1.82) is 0 Å². The third-order valence-corrected chi connectivity index (χ3v) is 5.02. The summed E-state index contributed by atoms with van der Waals surface area (Å²) in [6.07, 6.45) is 7.81. The molecule has 0 aromatic carbocycles. The maximum absolute atomic E-state index is 12.1. The van der Waals surface area contributed by atoms with Crippen LogP contribution in [0.1, 0.15) is 29.9 Å². The fourth-order valence-corrected chi connectivity index (χ4v) is 3.75. The Bertz CT molecular complexity index is 949. The third-order valence-electron chi connectivity index (χ3n) is 4.03. The zero-order valence-electron chi connectivity index (χ0n) is 13.2. The predicted octanol–water partition coefficient (Wildman–Crippen LogP) is 2.23. The van der Waals surface area contributed by atoms with E-state index in [9.17, 15) is 4.79 Å². The lowest BCUT2D eigenvalue weighted by Crippen LogP contribution is -2.15. The summed E-state index contributed by atoms with van der Waals surface area (Å²) < 4.78 is 7.39. The summed E-state index contributed by atoms with van der Waals surface area (Å²) in [4.78, 5) is 20.1. The summed E-state index contributed by atoms with van der Waals surface area (Å²) in [5.74, 6) is 0.517. The number of hydrogen-bond donors (Lipinski definition) is 1. The first-order valence-electron chi connectivity index (χ1n) is 7.87. The maximum Gasteiger partial charge on any atom is 0.260 e. The molecule has 24 heavy (non-hydrogen) atoms. The van der Waals surface area contributed by atoms with Gasteiger partial charge < -0.3 is 9.72 Å². The van der Waals surface area contributed by atoms with Gasteiger partial charge in [0.05, 0.1) is 24.2 Å². The van der Waals surface area contributed by atoms with Crippen molar-refractivity contribution in [3.8, 4) is 0 Å². The van der Waals surface area contributed by atoms with Gasteiger partial charge in [-0.05, 0) is 42.9 Å². The molecule has 7 nitrogen and oxygen atoms in total. The Kier molecular flexibility index (Phi) is 3.99. The summed E-state index contributed by atoms with van der Waals surface area (Å²) in [6.45, 7) is 3.46. The van der Waals surface area contributed by atoms with E-state index in [1.807, 2.05) is 18.5 Å². The number of ether oxygens (including phenoxy) is 1. The van der Waals surface area contributed by atoms with Crippen LogP contribution in [0.3, 0.4) is 0 Å². The van der Waals surface area contributed by atoms with E-state index in [2.05, 4.69) is 20.3 Å². The highest BCUT2D eigenvalue weighted by atomic mass is 32.1. The van der Waals surface area contributed by atoms with E-state index < -0.39 is 0 Å². The van der Waals surface area contributed by atoms with Gasteiger partial charge in [0.2, 0.25) is 0 Å². The molecule has 1 fully saturated rings. The van der Waals surface area contributed by atoms with Crippen LogP contribution in [0.15, 0.2) is 16.4 Å². The number of thiophene rings is 1. The lowest BCUT2D eigenvalue weighted by atomic mass is 10.2. The predicted molar refractivity (Wildman–Crippen MR) is 92.9 cm³/mol. The van der Waals surface area contributed by atoms with Crippen molar-refractivity contribution in [3.63, 3.8) is 0 Å². The van der Waals surface area contributed by atoms with Crippen LogP contribution in [0.5, 0.6) is 0 Å². The van der Waals surface area contributed by atoms with Gasteiger partial charge in [-0.3, -0.25) is 4.79 Å². The first-order chi connectivity index (χ1) is 11.7. The minimum atomic E-state index is -0.111. The molecule has 124 valence electrons. The van der Waals surface area contributed by atoms with Crippen LogP contribution < -0.4 is 5.56 Å². The second-order valence-corrected chi connectivity index (χ2v) is 6.74. The average molecular weight is 343 g/mol. The quantitative estimate of drug-likeness (QED) is 0.785. The van der Waals surface area contributed by atoms with E-state index in [4.69, 9.17) is 4.74 Å². The van der Waals surface area contributed by atoms with Crippen molar-refractivity contribution in [1.82, 2.24) is 25.0 Å². The smallest absolute Gasteiger partial charge is 0.260 e. The topological polar surface area (TPSA) is 85.7 Å². The number of H-pyrrole nitrogens is 1. The largest absolute Gasteiger partial charge is 0.376 e. The number of rotatable bonds is 4. The summed E-state index contributed by atoms with van der Waals surface area (Å²) in [5.41, 5.74) is 1.56. The van der Waals surface area contributed by atoms with Gasteiger partial charge in [0.1, 0.15) is 16.3 Å². The molecule has 1 unspecified atom stereocenters. The van der Waals surface area contributed by atoms with Gasteiger partial charge in [0.25, 0.3) is 5.56 Å². The molecular formula is C16H17N5O2S. The molecule has 0 radical (unpaired) electrons. The van der Waals surface area contributed by atoms with E-state index in [0.29, 0.717) is 11.2 Å². The fourth-order valence-electron chi connectivity index (χ4n) is 2.82. The van der Waals surface area contributed by atoms with Crippen molar-refractivity contribution < 1.29 is 4.74 Å². The fraction of sp³-hybridized carbons (Fsp3) is 0.375. The molecule has 0 aliphatic carbocycles. The minimum absolute atomic E-state index is 0.111. The molecule has 0 amide bonds. The van der Waals surface area contributed by atoms with Crippen LogP contribution in [-0.2, 0) is 11.3 Å². The van der Waals surface area contributed by atoms with Crippen molar-refractivity contribution >= 4 is 33.7 Å². The standard InChI is InChI=1S/C16H17N5O2S/c1-10-9-24-16-14(10)15(22)17-13(18-16)5-4-11-7-21(20-19-11)8-12-3-2-6-23-12/h4-5,7,9,12H,2-3,6,8H2,1H3,(H,17,18,22). The Morgan fingerprint density at radius 1 is 1.50 bits per heavy atom. The van der Waals surface area contributed by atoms with Crippen molar-refractivity contribution in [2.75, 3.05) is 6.61 Å². The summed E-state index contributed by atoms with van der Waals surface area (Å²) >= 11 is 1.47. The summed E-state index contributed by atoms with van der Waals surface area (Å²) in [5, 5.41) is 10.8. The summed E-state index contributed by atoms with van der Waals surface area (Å²) in [6, 6.07) is 0. The minimum Gasteiger partial charge on any atom is -0.376 e. The highest BCUT2D eigenvalue weighted by Crippen LogP contribution is 2.20. The number of aromatic amines is 1. The Morgan fingerprint density at radius 3 is 3.25 bits per heavy atom. The Balaban J connectivity index is 1.52. The second-order valence-electron chi connectivity index (χ2n) is 5.88. The van der Waals surface area contributed by atoms with Gasteiger partial charge >= 0.3 is 0 Å². The molecule has 3 aromatic heterocycles. The zero-order chi connectivity index (χ0) is 16.5. The number of aryl methyl sites for hydroxylation is 1. The Morgan fingerprint density at radius 2 is 2.42 bits per heavy atom. The second kappa shape index (κ2) is 6.29. The SMILES string of the molecule is Cc1csc2nc(C=Cc3cn(CC4CCCO4)nn3)[nH]c(=O)c12. The maximum atomic E-state index is 12.1. The lowest BCUT2D eigenvalue weighted by Gasteiger charge is -2.07. The zero-order valence-corrected chi connectivity index (χ0v) is 14.0. The number of aromatic nitrogens is 5. The highest BCUT2D eigenvalue weighted by molar-refractivity contribution is 7.16. The molecule has 4 heterocycles. The molecule has 1 saturated heterocycles.